The van der Waals surface area contributed by atoms with Crippen LogP contribution in [0.1, 0.15) is 36.8 Å². The van der Waals surface area contributed by atoms with Crippen LogP contribution in [0.5, 0.6) is 6.01 Å². The molecule has 1 atom stereocenters. The van der Waals surface area contributed by atoms with Gasteiger partial charge in [0.25, 0.3) is 0 Å². The van der Waals surface area contributed by atoms with Gasteiger partial charge in [0.1, 0.15) is 11.9 Å². The van der Waals surface area contributed by atoms with Crippen LogP contribution in [-0.2, 0) is 9.53 Å². The summed E-state index contributed by atoms with van der Waals surface area (Å²) in [7, 11) is 1.56. The molecular weight excluding hydrogens is 420 g/mol. The lowest BCUT2D eigenvalue weighted by molar-refractivity contribution is -0.128. The lowest BCUT2D eigenvalue weighted by Crippen LogP contribution is -2.45. The fourth-order valence-electron chi connectivity index (χ4n) is 4.83. The van der Waals surface area contributed by atoms with Gasteiger partial charge in [-0.3, -0.25) is 4.79 Å². The van der Waals surface area contributed by atoms with Crippen molar-refractivity contribution in [1.29, 1.82) is 0 Å². The van der Waals surface area contributed by atoms with Crippen molar-refractivity contribution in [3.63, 3.8) is 0 Å². The molecule has 0 bridgehead atoms. The van der Waals surface area contributed by atoms with Crippen molar-refractivity contribution in [3.05, 3.63) is 35.5 Å². The van der Waals surface area contributed by atoms with Gasteiger partial charge in [0.05, 0.1) is 32.0 Å². The Hall–Kier alpha value is -3.04. The normalized spacial score (nSPS) is 19.7. The van der Waals surface area contributed by atoms with E-state index in [1.165, 1.54) is 11.1 Å². The number of nitrogens with one attached hydrogen (secondary N) is 1. The predicted molar refractivity (Wildman–Crippen MR) is 125 cm³/mol. The third kappa shape index (κ3) is 4.30. The van der Waals surface area contributed by atoms with Crippen LogP contribution >= 0.6 is 0 Å². The maximum Gasteiger partial charge on any atom is 0.320 e. The summed E-state index contributed by atoms with van der Waals surface area (Å²) in [4.78, 5) is 23.0. The molecule has 174 valence electrons. The molecule has 1 aromatic carbocycles. The molecule has 1 N–H and O–H groups in total. The maximum absolute atomic E-state index is 11.9. The second-order valence-electron chi connectivity index (χ2n) is 8.84. The van der Waals surface area contributed by atoms with E-state index in [9.17, 15) is 4.79 Å². The lowest BCUT2D eigenvalue weighted by atomic mass is 9.87. The van der Waals surface area contributed by atoms with E-state index >= 15 is 0 Å². The van der Waals surface area contributed by atoms with Gasteiger partial charge in [-0.05, 0) is 69.0 Å². The van der Waals surface area contributed by atoms with Gasteiger partial charge in [-0.15, -0.1) is 0 Å². The topological polar surface area (TPSA) is 94.4 Å². The Bertz CT molecular complexity index is 1170. The lowest BCUT2D eigenvalue weighted by Gasteiger charge is -2.32. The van der Waals surface area contributed by atoms with Gasteiger partial charge in [0, 0.05) is 18.0 Å². The van der Waals surface area contributed by atoms with Crippen LogP contribution in [0, 0.1) is 6.92 Å². The SMILES string of the molecule is COc1nc(N2CCOC(C(C)=O)C2)cc(-n2ncc3cc(C)c(C4CCNCC4)cc32)n1. The monoisotopic (exact) mass is 450 g/mol. The highest BCUT2D eigenvalue weighted by Gasteiger charge is 2.26. The highest BCUT2D eigenvalue weighted by molar-refractivity contribution is 5.82. The van der Waals surface area contributed by atoms with E-state index in [0.29, 0.717) is 37.3 Å². The van der Waals surface area contributed by atoms with Crippen LogP contribution in [0.3, 0.4) is 0 Å². The summed E-state index contributed by atoms with van der Waals surface area (Å²) in [6.45, 7) is 7.40. The molecule has 0 spiro atoms. The summed E-state index contributed by atoms with van der Waals surface area (Å²) < 4.78 is 12.9. The highest BCUT2D eigenvalue weighted by Crippen LogP contribution is 2.32. The average molecular weight is 451 g/mol. The molecule has 0 saturated carbocycles. The van der Waals surface area contributed by atoms with Crippen LogP contribution < -0.4 is 15.0 Å². The third-order valence-corrected chi connectivity index (χ3v) is 6.66. The first-order chi connectivity index (χ1) is 16.0. The second kappa shape index (κ2) is 9.07. The predicted octanol–water partition coefficient (Wildman–Crippen LogP) is 2.39. The molecule has 0 amide bonds. The minimum atomic E-state index is -0.454. The minimum absolute atomic E-state index is 0.0137. The molecule has 2 saturated heterocycles. The van der Waals surface area contributed by atoms with Crippen LogP contribution in [0.15, 0.2) is 24.4 Å². The summed E-state index contributed by atoms with van der Waals surface area (Å²) in [5.74, 6) is 1.89. The zero-order chi connectivity index (χ0) is 22.9. The fourth-order valence-corrected chi connectivity index (χ4v) is 4.83. The first-order valence-corrected chi connectivity index (χ1v) is 11.5. The summed E-state index contributed by atoms with van der Waals surface area (Å²) >= 11 is 0. The number of morpholine rings is 1. The molecule has 5 rings (SSSR count). The van der Waals surface area contributed by atoms with Crippen LogP contribution in [-0.4, -0.2) is 71.5 Å². The smallest absolute Gasteiger partial charge is 0.320 e. The number of hydrogen-bond acceptors (Lipinski definition) is 8. The first kappa shape index (κ1) is 21.8. The molecule has 0 radical (unpaired) electrons. The van der Waals surface area contributed by atoms with Crippen molar-refractivity contribution < 1.29 is 14.3 Å². The second-order valence-corrected chi connectivity index (χ2v) is 8.84. The van der Waals surface area contributed by atoms with E-state index in [0.717, 1.165) is 36.8 Å². The summed E-state index contributed by atoms with van der Waals surface area (Å²) in [5.41, 5.74) is 3.70. The molecule has 4 heterocycles. The number of Topliss-reactive ketones (excluding diaryl/α,β-unsaturated/α-hetero) is 1. The molecule has 0 aliphatic carbocycles. The maximum atomic E-state index is 11.9. The summed E-state index contributed by atoms with van der Waals surface area (Å²) in [5, 5.41) is 9.19. The summed E-state index contributed by atoms with van der Waals surface area (Å²) in [6.07, 6.45) is 3.70. The van der Waals surface area contributed by atoms with Gasteiger partial charge in [0.2, 0.25) is 0 Å². The van der Waals surface area contributed by atoms with Gasteiger partial charge >= 0.3 is 6.01 Å². The number of rotatable bonds is 5. The quantitative estimate of drug-likeness (QED) is 0.633. The molecule has 9 nitrogen and oxygen atoms in total. The number of piperidine rings is 1. The van der Waals surface area contributed by atoms with Gasteiger partial charge in [-0.2, -0.15) is 15.1 Å². The van der Waals surface area contributed by atoms with E-state index in [1.807, 2.05) is 21.8 Å². The number of aryl methyl sites for hydroxylation is 1. The molecule has 2 aliphatic heterocycles. The van der Waals surface area contributed by atoms with Gasteiger partial charge < -0.3 is 19.7 Å². The van der Waals surface area contributed by atoms with Crippen molar-refractivity contribution >= 4 is 22.5 Å². The third-order valence-electron chi connectivity index (χ3n) is 6.66. The van der Waals surface area contributed by atoms with Crippen LogP contribution in [0.2, 0.25) is 0 Å². The number of ether oxygens (including phenoxy) is 2. The molecule has 9 heteroatoms. The van der Waals surface area contributed by atoms with Crippen LogP contribution in [0.25, 0.3) is 16.7 Å². The van der Waals surface area contributed by atoms with E-state index in [1.54, 1.807) is 14.0 Å². The zero-order valence-electron chi connectivity index (χ0n) is 19.4. The molecule has 3 aromatic rings. The Morgan fingerprint density at radius 2 is 1.97 bits per heavy atom. The Kier molecular flexibility index (Phi) is 5.99. The minimum Gasteiger partial charge on any atom is -0.467 e. The average Bonchev–Trinajstić information content (AvgIpc) is 3.26. The number of methoxy groups -OCH3 is 1. The van der Waals surface area contributed by atoms with Gasteiger partial charge in [0.15, 0.2) is 11.6 Å². The van der Waals surface area contributed by atoms with E-state index in [4.69, 9.17) is 9.47 Å². The zero-order valence-corrected chi connectivity index (χ0v) is 19.4. The number of hydrogen-bond donors (Lipinski definition) is 1. The van der Waals surface area contributed by atoms with Gasteiger partial charge in [-0.1, -0.05) is 0 Å². The molecular formula is C24H30N6O3. The Morgan fingerprint density at radius 1 is 1.18 bits per heavy atom. The number of carbonyl (C=O) groups excluding carboxylic acids is 1. The van der Waals surface area contributed by atoms with Gasteiger partial charge in [-0.25, -0.2) is 4.68 Å². The number of benzene rings is 1. The molecule has 33 heavy (non-hydrogen) atoms. The van der Waals surface area contributed by atoms with E-state index < -0.39 is 6.10 Å². The number of aromatic nitrogens is 4. The van der Waals surface area contributed by atoms with Crippen molar-refractivity contribution in [2.75, 3.05) is 44.8 Å². The Labute approximate surface area is 193 Å². The molecule has 2 fully saturated rings. The van der Waals surface area contributed by atoms with Crippen molar-refractivity contribution in [2.45, 2.75) is 38.7 Å². The van der Waals surface area contributed by atoms with Crippen molar-refractivity contribution in [1.82, 2.24) is 25.1 Å². The Morgan fingerprint density at radius 3 is 2.73 bits per heavy atom. The van der Waals surface area contributed by atoms with Crippen LogP contribution in [0.4, 0.5) is 5.82 Å². The first-order valence-electron chi connectivity index (χ1n) is 11.5. The number of ketones is 1. The highest BCUT2D eigenvalue weighted by atomic mass is 16.5. The van der Waals surface area contributed by atoms with Crippen molar-refractivity contribution in [3.8, 4) is 11.8 Å². The van der Waals surface area contributed by atoms with E-state index in [2.05, 4.69) is 39.4 Å². The largest absolute Gasteiger partial charge is 0.467 e. The summed E-state index contributed by atoms with van der Waals surface area (Å²) in [6, 6.07) is 6.65. The fraction of sp³-hybridized carbons (Fsp3) is 0.500. The molecule has 1 unspecified atom stereocenters. The standard InChI is InChI=1S/C24H30N6O3/c1-15-10-18-13-26-30(20(18)11-19(15)17-4-6-25-7-5-17)23-12-22(27-24(28-23)32-3)29-8-9-33-21(14-29)16(2)31/h10-13,17,21,25H,4-9,14H2,1-3H3. The number of fused-ring (bicyclic) bond motifs is 1. The number of carbonyl (C=O) groups is 1. The number of anilines is 1. The van der Waals surface area contributed by atoms with E-state index in [-0.39, 0.29) is 11.8 Å². The Balaban J connectivity index is 1.55. The molecule has 2 aromatic heterocycles. The molecule has 2 aliphatic rings. The van der Waals surface area contributed by atoms with Crippen molar-refractivity contribution in [2.24, 2.45) is 0 Å². The number of nitrogens with zero attached hydrogens (tertiary/aromatic N) is 5.